The molecule has 7 rings (SSSR count). The quantitative estimate of drug-likeness (QED) is 0.553. The maximum atomic E-state index is 13.3. The third-order valence-corrected chi connectivity index (χ3v) is 7.23. The smallest absolute Gasteiger partial charge is 0.348 e. The first-order chi connectivity index (χ1) is 14.0. The van der Waals surface area contributed by atoms with Gasteiger partial charge in [-0.15, -0.1) is 0 Å². The van der Waals surface area contributed by atoms with E-state index in [2.05, 4.69) is 0 Å². The molecule has 4 saturated carbocycles. The van der Waals surface area contributed by atoms with Gasteiger partial charge in [-0.3, -0.25) is 4.79 Å². The fourth-order valence-corrected chi connectivity index (χ4v) is 6.50. The van der Waals surface area contributed by atoms with E-state index < -0.39 is 17.4 Å². The highest BCUT2D eigenvalue weighted by Crippen LogP contribution is 2.61. The summed E-state index contributed by atoms with van der Waals surface area (Å²) in [4.78, 5) is 38.1. The summed E-state index contributed by atoms with van der Waals surface area (Å²) >= 11 is 0. The maximum Gasteiger partial charge on any atom is 0.348 e. The van der Waals surface area contributed by atoms with E-state index in [1.807, 2.05) is 6.92 Å². The molecule has 0 saturated heterocycles. The topological polar surface area (TPSA) is 92.0 Å². The second-order valence-corrected chi connectivity index (χ2v) is 9.28. The van der Waals surface area contributed by atoms with E-state index in [1.54, 1.807) is 0 Å². The molecule has 2 aromatic heterocycles. The van der Waals surface area contributed by atoms with Crippen molar-refractivity contribution in [2.45, 2.75) is 51.9 Å². The van der Waals surface area contributed by atoms with Gasteiger partial charge in [0.25, 0.3) is 0 Å². The van der Waals surface area contributed by atoms with E-state index >= 15 is 0 Å². The normalized spacial score (nSPS) is 31.5. The summed E-state index contributed by atoms with van der Waals surface area (Å²) in [5, 5.41) is 0. The SMILES string of the molecule is CCCOC(=O)c1c2c3oc1c(OC(=O)C14CC5CC(CC(C5)C1)C4)c3OC2=O. The summed E-state index contributed by atoms with van der Waals surface area (Å²) in [5.41, 5.74) is -0.136. The summed E-state index contributed by atoms with van der Waals surface area (Å²) in [6, 6.07) is 0. The third-order valence-electron chi connectivity index (χ3n) is 7.23. The average molecular weight is 398 g/mol. The minimum Gasteiger partial charge on any atom is -0.462 e. The molecule has 0 aromatic carbocycles. The molecular formula is C22H22O7. The van der Waals surface area contributed by atoms with Gasteiger partial charge >= 0.3 is 17.9 Å². The molecule has 0 radical (unpaired) electrons. The van der Waals surface area contributed by atoms with E-state index in [-0.39, 0.29) is 46.4 Å². The summed E-state index contributed by atoms with van der Waals surface area (Å²) in [6.07, 6.45) is 6.89. The lowest BCUT2D eigenvalue weighted by Crippen LogP contribution is -2.51. The average Bonchev–Trinajstić information content (AvgIpc) is 3.28. The minimum atomic E-state index is -0.672. The van der Waals surface area contributed by atoms with E-state index in [0.717, 1.165) is 19.3 Å². The Morgan fingerprint density at radius 3 is 2.34 bits per heavy atom. The third kappa shape index (κ3) is 2.27. The predicted octanol–water partition coefficient (Wildman–Crippen LogP) is 4.09. The Balaban J connectivity index is 1.34. The van der Waals surface area contributed by atoms with Crippen LogP contribution in [-0.2, 0) is 9.53 Å². The second-order valence-electron chi connectivity index (χ2n) is 9.28. The first-order valence-corrected chi connectivity index (χ1v) is 10.5. The molecule has 2 aromatic rings. The number of carbonyl (C=O) groups excluding carboxylic acids is 3. The van der Waals surface area contributed by atoms with Crippen molar-refractivity contribution in [3.05, 3.63) is 11.1 Å². The molecule has 0 amide bonds. The van der Waals surface area contributed by atoms with Crippen LogP contribution in [0.2, 0.25) is 0 Å². The molecule has 0 atom stereocenters. The van der Waals surface area contributed by atoms with Crippen molar-refractivity contribution >= 4 is 29.1 Å². The highest BCUT2D eigenvalue weighted by atomic mass is 16.6. The lowest BCUT2D eigenvalue weighted by atomic mass is 9.49. The number of esters is 3. The van der Waals surface area contributed by atoms with E-state index in [0.29, 0.717) is 24.2 Å². The summed E-state index contributed by atoms with van der Waals surface area (Å²) in [7, 11) is 0. The predicted molar refractivity (Wildman–Crippen MR) is 99.2 cm³/mol. The van der Waals surface area contributed by atoms with Gasteiger partial charge < -0.3 is 18.6 Å². The van der Waals surface area contributed by atoms with Crippen LogP contribution in [0.3, 0.4) is 0 Å². The number of hydrogen-bond donors (Lipinski definition) is 0. The molecule has 7 heteroatoms. The first-order valence-electron chi connectivity index (χ1n) is 10.5. The van der Waals surface area contributed by atoms with Crippen LogP contribution in [0.5, 0.6) is 11.5 Å². The van der Waals surface area contributed by atoms with Gasteiger partial charge in [-0.05, 0) is 62.7 Å². The fourth-order valence-electron chi connectivity index (χ4n) is 6.50. The minimum absolute atomic E-state index is 0.00742. The molecule has 1 aliphatic heterocycles. The largest absolute Gasteiger partial charge is 0.462 e. The van der Waals surface area contributed by atoms with Crippen LogP contribution in [0.25, 0.3) is 11.2 Å². The van der Waals surface area contributed by atoms with Gasteiger partial charge in [-0.25, -0.2) is 9.59 Å². The van der Waals surface area contributed by atoms with Gasteiger partial charge in [0.15, 0.2) is 11.2 Å². The molecule has 4 aliphatic carbocycles. The van der Waals surface area contributed by atoms with E-state index in [1.165, 1.54) is 19.3 Å². The highest BCUT2D eigenvalue weighted by Gasteiger charge is 2.56. The van der Waals surface area contributed by atoms with Crippen molar-refractivity contribution in [1.82, 2.24) is 0 Å². The van der Waals surface area contributed by atoms with Crippen LogP contribution in [-0.4, -0.2) is 24.5 Å². The summed E-state index contributed by atoms with van der Waals surface area (Å²) in [6.45, 7) is 2.11. The van der Waals surface area contributed by atoms with Gasteiger partial charge in [0, 0.05) is 0 Å². The Hall–Kier alpha value is -2.57. The molecule has 7 nitrogen and oxygen atoms in total. The number of benzene rings is 1. The molecule has 152 valence electrons. The summed E-state index contributed by atoms with van der Waals surface area (Å²) in [5.74, 6) is 0.348. The van der Waals surface area contributed by atoms with Crippen molar-refractivity contribution < 1.29 is 33.0 Å². The number of furan rings is 2. The zero-order valence-corrected chi connectivity index (χ0v) is 16.2. The Labute approximate surface area is 167 Å². The molecule has 29 heavy (non-hydrogen) atoms. The Morgan fingerprint density at radius 1 is 1.07 bits per heavy atom. The van der Waals surface area contributed by atoms with Crippen molar-refractivity contribution in [3.8, 4) is 11.5 Å². The molecule has 5 aliphatic rings. The van der Waals surface area contributed by atoms with Crippen molar-refractivity contribution in [2.24, 2.45) is 23.2 Å². The number of rotatable bonds is 5. The molecule has 3 heterocycles. The molecule has 4 fully saturated rings. The molecule has 6 bridgehead atoms. The van der Waals surface area contributed by atoms with Gasteiger partial charge in [0.05, 0.1) is 12.0 Å². The van der Waals surface area contributed by atoms with E-state index in [9.17, 15) is 14.4 Å². The lowest BCUT2D eigenvalue weighted by Gasteiger charge is -2.55. The van der Waals surface area contributed by atoms with Crippen molar-refractivity contribution in [2.75, 3.05) is 6.61 Å². The number of hydrogen-bond acceptors (Lipinski definition) is 7. The van der Waals surface area contributed by atoms with Crippen molar-refractivity contribution in [1.29, 1.82) is 0 Å². The molecule has 0 N–H and O–H groups in total. The van der Waals surface area contributed by atoms with Gasteiger partial charge in [0.1, 0.15) is 11.1 Å². The van der Waals surface area contributed by atoms with E-state index in [4.69, 9.17) is 18.6 Å². The van der Waals surface area contributed by atoms with Gasteiger partial charge in [-0.1, -0.05) is 6.92 Å². The lowest BCUT2D eigenvalue weighted by molar-refractivity contribution is -0.161. The molecule has 0 unspecified atom stereocenters. The fraction of sp³-hybridized carbons (Fsp3) is 0.591. The molecule has 0 spiro atoms. The Kier molecular flexibility index (Phi) is 3.42. The standard InChI is InChI=1S/C22H22O7/c1-2-3-26-19(23)13-14-16-17(28-20(14)24)18(15(13)27-16)29-21(25)22-7-10-4-11(8-22)6-12(5-10)9-22/h10-12H,2-9H2,1H3. The van der Waals surface area contributed by atoms with Crippen LogP contribution in [0.1, 0.15) is 72.6 Å². The zero-order valence-electron chi connectivity index (χ0n) is 16.2. The summed E-state index contributed by atoms with van der Waals surface area (Å²) < 4.78 is 21.9. The van der Waals surface area contributed by atoms with Crippen LogP contribution in [0.4, 0.5) is 0 Å². The zero-order chi connectivity index (χ0) is 19.9. The van der Waals surface area contributed by atoms with Gasteiger partial charge in [-0.2, -0.15) is 0 Å². The van der Waals surface area contributed by atoms with Crippen LogP contribution in [0.15, 0.2) is 4.42 Å². The Morgan fingerprint density at radius 2 is 1.72 bits per heavy atom. The number of ether oxygens (including phenoxy) is 3. The Bertz CT molecular complexity index is 1010. The van der Waals surface area contributed by atoms with Crippen LogP contribution < -0.4 is 9.47 Å². The van der Waals surface area contributed by atoms with Crippen LogP contribution >= 0.6 is 0 Å². The second kappa shape index (κ2) is 5.74. The highest BCUT2D eigenvalue weighted by molar-refractivity contribution is 6.20. The van der Waals surface area contributed by atoms with Crippen molar-refractivity contribution in [3.63, 3.8) is 0 Å². The number of fused-ring (bicyclic) bond motifs is 1. The van der Waals surface area contributed by atoms with Crippen LogP contribution in [0, 0.1) is 23.2 Å². The first kappa shape index (κ1) is 17.3. The monoisotopic (exact) mass is 398 g/mol. The molecular weight excluding hydrogens is 376 g/mol. The number of carbonyl (C=O) groups is 3. The van der Waals surface area contributed by atoms with Gasteiger partial charge in [0.2, 0.25) is 11.5 Å². The maximum absolute atomic E-state index is 13.3.